The van der Waals surface area contributed by atoms with Gasteiger partial charge in [-0.3, -0.25) is 0 Å². The number of furan rings is 1. The standard InChI is InChI=1S/C15H24O7/c1-16-8-11(18-3)14-13(19-4)12(9-17-2)21-15(22-14)10-6-5-7-20-10/h5-7,11-15H,8-9H2,1-4H3/t11-,12+,13-,14-,15?/m1/s1. The van der Waals surface area contributed by atoms with Gasteiger partial charge in [0, 0.05) is 28.4 Å². The van der Waals surface area contributed by atoms with Crippen LogP contribution in [0.25, 0.3) is 0 Å². The smallest absolute Gasteiger partial charge is 0.218 e. The molecule has 5 atom stereocenters. The lowest BCUT2D eigenvalue weighted by atomic mass is 10.0. The second kappa shape index (κ2) is 8.61. The molecule has 0 saturated carbocycles. The summed E-state index contributed by atoms with van der Waals surface area (Å²) in [6, 6.07) is 3.59. The van der Waals surface area contributed by atoms with E-state index in [1.54, 1.807) is 46.8 Å². The summed E-state index contributed by atoms with van der Waals surface area (Å²) in [5.41, 5.74) is 0. The number of hydrogen-bond acceptors (Lipinski definition) is 7. The third-order valence-corrected chi connectivity index (χ3v) is 3.65. The molecule has 1 fully saturated rings. The average Bonchev–Trinajstić information content (AvgIpc) is 3.06. The molecule has 0 radical (unpaired) electrons. The highest BCUT2D eigenvalue weighted by atomic mass is 16.7. The number of methoxy groups -OCH3 is 4. The molecule has 2 heterocycles. The molecule has 1 aromatic heterocycles. The molecule has 1 aliphatic rings. The van der Waals surface area contributed by atoms with E-state index < -0.39 is 6.29 Å². The number of rotatable bonds is 8. The van der Waals surface area contributed by atoms with Crippen LogP contribution in [0.2, 0.25) is 0 Å². The molecule has 1 aliphatic heterocycles. The average molecular weight is 316 g/mol. The maximum absolute atomic E-state index is 6.01. The van der Waals surface area contributed by atoms with Crippen LogP contribution in [0.15, 0.2) is 22.8 Å². The van der Waals surface area contributed by atoms with Gasteiger partial charge in [0.2, 0.25) is 6.29 Å². The molecule has 22 heavy (non-hydrogen) atoms. The van der Waals surface area contributed by atoms with E-state index in [2.05, 4.69) is 0 Å². The van der Waals surface area contributed by atoms with Gasteiger partial charge >= 0.3 is 0 Å². The lowest BCUT2D eigenvalue weighted by Crippen LogP contribution is -2.56. The van der Waals surface area contributed by atoms with E-state index in [1.165, 1.54) is 0 Å². The Bertz CT molecular complexity index is 408. The maximum Gasteiger partial charge on any atom is 0.218 e. The summed E-state index contributed by atoms with van der Waals surface area (Å²) >= 11 is 0. The Kier molecular flexibility index (Phi) is 6.81. The molecule has 0 spiro atoms. The van der Waals surface area contributed by atoms with E-state index in [0.717, 1.165) is 0 Å². The monoisotopic (exact) mass is 316 g/mol. The lowest BCUT2D eigenvalue weighted by Gasteiger charge is -2.42. The van der Waals surface area contributed by atoms with E-state index in [9.17, 15) is 0 Å². The van der Waals surface area contributed by atoms with Gasteiger partial charge in [0.05, 0.1) is 19.5 Å². The molecular formula is C15H24O7. The van der Waals surface area contributed by atoms with Crippen molar-refractivity contribution in [2.24, 2.45) is 0 Å². The normalized spacial score (nSPS) is 30.4. The molecule has 2 rings (SSSR count). The molecule has 126 valence electrons. The van der Waals surface area contributed by atoms with Crippen LogP contribution in [-0.2, 0) is 28.4 Å². The van der Waals surface area contributed by atoms with E-state index in [1.807, 2.05) is 0 Å². The van der Waals surface area contributed by atoms with Crippen molar-refractivity contribution in [2.75, 3.05) is 41.7 Å². The first-order chi connectivity index (χ1) is 10.7. The first kappa shape index (κ1) is 17.4. The fourth-order valence-corrected chi connectivity index (χ4v) is 2.60. The zero-order chi connectivity index (χ0) is 15.9. The van der Waals surface area contributed by atoms with E-state index in [-0.39, 0.29) is 24.4 Å². The zero-order valence-electron chi connectivity index (χ0n) is 13.4. The van der Waals surface area contributed by atoms with Crippen LogP contribution in [0.3, 0.4) is 0 Å². The van der Waals surface area contributed by atoms with Crippen LogP contribution in [0, 0.1) is 0 Å². The highest BCUT2D eigenvalue weighted by Gasteiger charge is 2.45. The van der Waals surface area contributed by atoms with Crippen molar-refractivity contribution in [3.63, 3.8) is 0 Å². The Morgan fingerprint density at radius 3 is 2.50 bits per heavy atom. The van der Waals surface area contributed by atoms with Crippen molar-refractivity contribution in [2.45, 2.75) is 30.7 Å². The highest BCUT2D eigenvalue weighted by molar-refractivity contribution is 5.02. The molecule has 0 bridgehead atoms. The summed E-state index contributed by atoms with van der Waals surface area (Å²) < 4.78 is 38.8. The molecule has 1 saturated heterocycles. The Morgan fingerprint density at radius 1 is 1.14 bits per heavy atom. The van der Waals surface area contributed by atoms with E-state index >= 15 is 0 Å². The minimum absolute atomic E-state index is 0.296. The minimum Gasteiger partial charge on any atom is -0.464 e. The maximum atomic E-state index is 6.01. The van der Waals surface area contributed by atoms with Gasteiger partial charge in [-0.15, -0.1) is 0 Å². The predicted molar refractivity (Wildman–Crippen MR) is 76.5 cm³/mol. The van der Waals surface area contributed by atoms with Gasteiger partial charge in [0.15, 0.2) is 5.76 Å². The fraction of sp³-hybridized carbons (Fsp3) is 0.733. The third-order valence-electron chi connectivity index (χ3n) is 3.65. The van der Waals surface area contributed by atoms with Crippen molar-refractivity contribution in [3.8, 4) is 0 Å². The molecule has 1 unspecified atom stereocenters. The second-order valence-electron chi connectivity index (χ2n) is 5.01. The fourth-order valence-electron chi connectivity index (χ4n) is 2.60. The van der Waals surface area contributed by atoms with Crippen molar-refractivity contribution in [1.29, 1.82) is 0 Å². The third kappa shape index (κ3) is 3.87. The molecule has 0 aliphatic carbocycles. The molecule has 0 amide bonds. The van der Waals surface area contributed by atoms with Gasteiger partial charge in [-0.2, -0.15) is 0 Å². The topological polar surface area (TPSA) is 68.5 Å². The zero-order valence-corrected chi connectivity index (χ0v) is 13.4. The largest absolute Gasteiger partial charge is 0.464 e. The summed E-state index contributed by atoms with van der Waals surface area (Å²) in [7, 11) is 6.46. The first-order valence-electron chi connectivity index (χ1n) is 7.12. The van der Waals surface area contributed by atoms with Crippen molar-refractivity contribution in [1.82, 2.24) is 0 Å². The van der Waals surface area contributed by atoms with Crippen LogP contribution < -0.4 is 0 Å². The Labute approximate surface area is 130 Å². The highest BCUT2D eigenvalue weighted by Crippen LogP contribution is 2.33. The van der Waals surface area contributed by atoms with Crippen LogP contribution in [-0.4, -0.2) is 66.1 Å². The van der Waals surface area contributed by atoms with Crippen LogP contribution in [0.1, 0.15) is 12.1 Å². The SMILES string of the molecule is COC[C@@H]1OC(c2ccco2)O[C@H]([C@@H](COC)OC)[C@@H]1OC. The van der Waals surface area contributed by atoms with Crippen molar-refractivity contribution in [3.05, 3.63) is 24.2 Å². The van der Waals surface area contributed by atoms with Gasteiger partial charge in [-0.25, -0.2) is 0 Å². The molecular weight excluding hydrogens is 292 g/mol. The van der Waals surface area contributed by atoms with Crippen molar-refractivity contribution >= 4 is 0 Å². The number of hydrogen-bond donors (Lipinski definition) is 0. The van der Waals surface area contributed by atoms with Crippen LogP contribution in [0.5, 0.6) is 0 Å². The first-order valence-corrected chi connectivity index (χ1v) is 7.12. The molecule has 0 N–H and O–H groups in total. The van der Waals surface area contributed by atoms with Gasteiger partial charge < -0.3 is 32.8 Å². The van der Waals surface area contributed by atoms with E-state index in [0.29, 0.717) is 19.0 Å². The lowest BCUT2D eigenvalue weighted by molar-refractivity contribution is -0.321. The summed E-state index contributed by atoms with van der Waals surface area (Å²) in [6.45, 7) is 0.755. The predicted octanol–water partition coefficient (Wildman–Crippen LogP) is 1.39. The van der Waals surface area contributed by atoms with Crippen molar-refractivity contribution < 1.29 is 32.8 Å². The molecule has 1 aromatic rings. The molecule has 0 aromatic carbocycles. The molecule has 7 nitrogen and oxygen atoms in total. The molecule has 7 heteroatoms. The van der Waals surface area contributed by atoms with Gasteiger partial charge in [-0.1, -0.05) is 0 Å². The summed E-state index contributed by atoms with van der Waals surface area (Å²) in [5, 5.41) is 0. The number of ether oxygens (including phenoxy) is 6. The Hall–Kier alpha value is -0.960. The van der Waals surface area contributed by atoms with Crippen LogP contribution in [0.4, 0.5) is 0 Å². The van der Waals surface area contributed by atoms with Gasteiger partial charge in [0.25, 0.3) is 0 Å². The minimum atomic E-state index is -0.638. The quantitative estimate of drug-likeness (QED) is 0.717. The van der Waals surface area contributed by atoms with Gasteiger partial charge in [0.1, 0.15) is 24.4 Å². The summed E-state index contributed by atoms with van der Waals surface area (Å²) in [6.07, 6.45) is -0.381. The Balaban J connectivity index is 2.21. The summed E-state index contributed by atoms with van der Waals surface area (Å²) in [4.78, 5) is 0. The Morgan fingerprint density at radius 2 is 1.95 bits per heavy atom. The van der Waals surface area contributed by atoms with Crippen LogP contribution >= 0.6 is 0 Å². The van der Waals surface area contributed by atoms with Gasteiger partial charge in [-0.05, 0) is 12.1 Å². The second-order valence-corrected chi connectivity index (χ2v) is 5.01. The summed E-state index contributed by atoms with van der Waals surface area (Å²) in [5.74, 6) is 0.591. The van der Waals surface area contributed by atoms with E-state index in [4.69, 9.17) is 32.8 Å².